The van der Waals surface area contributed by atoms with Crippen LogP contribution in [0, 0.1) is 5.82 Å². The number of hydrogen-bond donors (Lipinski definition) is 0. The van der Waals surface area contributed by atoms with Gasteiger partial charge in [-0.05, 0) is 46.9 Å². The number of rotatable bonds is 1. The van der Waals surface area contributed by atoms with Crippen molar-refractivity contribution in [3.63, 3.8) is 0 Å². The Morgan fingerprint density at radius 3 is 2.29 bits per heavy atom. The zero-order chi connectivity index (χ0) is 10.9. The van der Waals surface area contributed by atoms with Gasteiger partial charge in [-0.2, -0.15) is 0 Å². The van der Waals surface area contributed by atoms with E-state index in [2.05, 4.69) is 20.7 Å². The van der Waals surface area contributed by atoms with Gasteiger partial charge in [-0.1, -0.05) is 27.5 Å². The van der Waals surface area contributed by atoms with Crippen LogP contribution in [0.1, 0.15) is 0 Å². The molecule has 0 aliphatic carbocycles. The summed E-state index contributed by atoms with van der Waals surface area (Å²) in [6.07, 6.45) is 0. The molecule has 7 heteroatoms. The minimum Gasteiger partial charge on any atom is -0.441 e. The van der Waals surface area contributed by atoms with Crippen molar-refractivity contribution >= 4 is 62.3 Å². The van der Waals surface area contributed by atoms with E-state index in [9.17, 15) is 4.39 Å². The summed E-state index contributed by atoms with van der Waals surface area (Å²) in [6, 6.07) is 2.58. The van der Waals surface area contributed by atoms with Gasteiger partial charge in [0.05, 0.1) is 5.02 Å². The van der Waals surface area contributed by atoms with Gasteiger partial charge in [0.1, 0.15) is 0 Å². The summed E-state index contributed by atoms with van der Waals surface area (Å²) in [4.78, 5) is 0. The highest BCUT2D eigenvalue weighted by atomic mass is 79.9. The monoisotopic (exact) mass is 340 g/mol. The summed E-state index contributed by atoms with van der Waals surface area (Å²) in [5.74, 6) is -1.01. The van der Waals surface area contributed by atoms with Crippen LogP contribution >= 0.6 is 62.3 Å². The minimum absolute atomic E-state index is 0.0169. The van der Waals surface area contributed by atoms with Crippen LogP contribution in [0.3, 0.4) is 0 Å². The molecule has 0 radical (unpaired) electrons. The van der Waals surface area contributed by atoms with Crippen LogP contribution in [0.4, 0.5) is 4.39 Å². The fraction of sp³-hybridized carbons (Fsp3) is 0.143. The lowest BCUT2D eigenvalue weighted by molar-refractivity contribution is 0.303. The Hall–Kier alpha value is 0.590. The lowest BCUT2D eigenvalue weighted by atomic mass is 10.3. The number of benzene rings is 1. The topological polar surface area (TPSA) is 9.23 Å². The standard InChI is InChI=1S/C7H2BrCl4FO/c8-3-1-4(9)6(5(13)2-3)14-7(10,11)12/h1-2H. The molecule has 0 aromatic heterocycles. The molecule has 1 aromatic rings. The second kappa shape index (κ2) is 4.62. The van der Waals surface area contributed by atoms with Crippen molar-refractivity contribution in [2.45, 2.75) is 3.98 Å². The van der Waals surface area contributed by atoms with Crippen molar-refractivity contribution in [1.82, 2.24) is 0 Å². The largest absolute Gasteiger partial charge is 0.441 e. The Morgan fingerprint density at radius 2 is 1.86 bits per heavy atom. The summed E-state index contributed by atoms with van der Waals surface area (Å²) in [5, 5.41) is 0.0169. The number of alkyl halides is 3. The quantitative estimate of drug-likeness (QED) is 0.656. The van der Waals surface area contributed by atoms with Gasteiger partial charge in [0, 0.05) is 4.47 Å². The second-order valence-electron chi connectivity index (χ2n) is 2.25. The van der Waals surface area contributed by atoms with Crippen molar-refractivity contribution in [1.29, 1.82) is 0 Å². The molecule has 0 saturated carbocycles. The smallest absolute Gasteiger partial charge is 0.338 e. The number of halogens is 6. The normalized spacial score (nSPS) is 11.6. The molecule has 0 N–H and O–H groups in total. The zero-order valence-electron chi connectivity index (χ0n) is 6.33. The van der Waals surface area contributed by atoms with E-state index in [1.807, 2.05) is 0 Å². The van der Waals surface area contributed by atoms with Crippen molar-refractivity contribution in [3.05, 3.63) is 27.4 Å². The SMILES string of the molecule is Fc1cc(Br)cc(Cl)c1OC(Cl)(Cl)Cl. The Kier molecular flexibility index (Phi) is 4.18. The Morgan fingerprint density at radius 1 is 1.29 bits per heavy atom. The number of hydrogen-bond acceptors (Lipinski definition) is 1. The van der Waals surface area contributed by atoms with Gasteiger partial charge in [0.25, 0.3) is 0 Å². The molecule has 78 valence electrons. The summed E-state index contributed by atoms with van der Waals surface area (Å²) in [7, 11) is 0. The molecule has 1 nitrogen and oxygen atoms in total. The molecule has 0 fully saturated rings. The fourth-order valence-electron chi connectivity index (χ4n) is 0.742. The average Bonchev–Trinajstić information content (AvgIpc) is 1.95. The molecule has 0 heterocycles. The van der Waals surface area contributed by atoms with Crippen LogP contribution in [0.5, 0.6) is 5.75 Å². The maximum absolute atomic E-state index is 13.2. The summed E-state index contributed by atoms with van der Waals surface area (Å²) < 4.78 is 16.3. The molecule has 0 amide bonds. The number of ether oxygens (including phenoxy) is 1. The van der Waals surface area contributed by atoms with Crippen molar-refractivity contribution < 1.29 is 9.13 Å². The van der Waals surface area contributed by atoms with Crippen LogP contribution in [0.2, 0.25) is 5.02 Å². The van der Waals surface area contributed by atoms with E-state index in [1.165, 1.54) is 6.07 Å². The third-order valence-electron chi connectivity index (χ3n) is 1.18. The van der Waals surface area contributed by atoms with Crippen LogP contribution in [0.15, 0.2) is 16.6 Å². The lowest BCUT2D eigenvalue weighted by Gasteiger charge is -2.15. The van der Waals surface area contributed by atoms with E-state index < -0.39 is 9.80 Å². The molecule has 1 rings (SSSR count). The van der Waals surface area contributed by atoms with Crippen LogP contribution in [0.25, 0.3) is 0 Å². The fourth-order valence-corrected chi connectivity index (χ4v) is 1.78. The first-order valence-corrected chi connectivity index (χ1v) is 5.50. The molecule has 14 heavy (non-hydrogen) atoms. The van der Waals surface area contributed by atoms with Crippen molar-refractivity contribution in [2.24, 2.45) is 0 Å². The first kappa shape index (κ1) is 12.7. The molecule has 1 aromatic carbocycles. The van der Waals surface area contributed by atoms with Crippen molar-refractivity contribution in [2.75, 3.05) is 0 Å². The van der Waals surface area contributed by atoms with Crippen LogP contribution in [-0.4, -0.2) is 3.98 Å². The van der Waals surface area contributed by atoms with E-state index in [4.69, 9.17) is 46.4 Å². The molecular weight excluding hydrogens is 341 g/mol. The van der Waals surface area contributed by atoms with Crippen LogP contribution < -0.4 is 4.74 Å². The molecule has 0 spiro atoms. The van der Waals surface area contributed by atoms with E-state index in [0.29, 0.717) is 4.47 Å². The highest BCUT2D eigenvalue weighted by molar-refractivity contribution is 9.10. The van der Waals surface area contributed by atoms with Gasteiger partial charge < -0.3 is 4.74 Å². The Balaban J connectivity index is 3.09. The van der Waals surface area contributed by atoms with Gasteiger partial charge in [-0.25, -0.2) is 4.39 Å². The molecular formula is C7H2BrCl4FO. The molecule has 0 aliphatic rings. The maximum Gasteiger partial charge on any atom is 0.338 e. The Bertz CT molecular complexity index is 329. The lowest BCUT2D eigenvalue weighted by Crippen LogP contribution is -2.13. The molecule has 0 saturated heterocycles. The van der Waals surface area contributed by atoms with E-state index in [0.717, 1.165) is 6.07 Å². The molecule has 0 atom stereocenters. The second-order valence-corrected chi connectivity index (χ2v) is 5.75. The van der Waals surface area contributed by atoms with E-state index in [-0.39, 0.29) is 10.8 Å². The molecule has 0 aliphatic heterocycles. The van der Waals surface area contributed by atoms with Crippen molar-refractivity contribution in [3.8, 4) is 5.75 Å². The third-order valence-corrected chi connectivity index (χ3v) is 2.15. The van der Waals surface area contributed by atoms with Gasteiger partial charge in [-0.15, -0.1) is 0 Å². The average molecular weight is 343 g/mol. The van der Waals surface area contributed by atoms with Gasteiger partial charge in [0.2, 0.25) is 0 Å². The van der Waals surface area contributed by atoms with Gasteiger partial charge in [-0.3, -0.25) is 0 Å². The predicted octanol–water partition coefficient (Wildman–Crippen LogP) is 4.95. The van der Waals surface area contributed by atoms with E-state index in [1.54, 1.807) is 0 Å². The first-order valence-electron chi connectivity index (χ1n) is 3.20. The highest BCUT2D eigenvalue weighted by Crippen LogP contribution is 2.37. The molecule has 0 unspecified atom stereocenters. The summed E-state index contributed by atoms with van der Waals surface area (Å²) >= 11 is 24.7. The van der Waals surface area contributed by atoms with Gasteiger partial charge in [0.15, 0.2) is 11.6 Å². The highest BCUT2D eigenvalue weighted by Gasteiger charge is 2.25. The Labute approximate surface area is 108 Å². The molecule has 0 bridgehead atoms. The van der Waals surface area contributed by atoms with E-state index >= 15 is 0 Å². The zero-order valence-corrected chi connectivity index (χ0v) is 10.9. The minimum atomic E-state index is -2.04. The first-order chi connectivity index (χ1) is 6.29. The maximum atomic E-state index is 13.2. The third kappa shape index (κ3) is 3.63. The summed E-state index contributed by atoms with van der Waals surface area (Å²) in [5.41, 5.74) is 0. The summed E-state index contributed by atoms with van der Waals surface area (Å²) in [6.45, 7) is 0. The van der Waals surface area contributed by atoms with Gasteiger partial charge >= 0.3 is 3.98 Å². The van der Waals surface area contributed by atoms with Crippen LogP contribution in [-0.2, 0) is 0 Å². The predicted molar refractivity (Wildman–Crippen MR) is 60.0 cm³/mol.